The first-order valence-corrected chi connectivity index (χ1v) is 3.66. The Morgan fingerprint density at radius 1 is 0.800 bits per heavy atom. The summed E-state index contributed by atoms with van der Waals surface area (Å²) < 4.78 is 51.2. The van der Waals surface area contributed by atoms with Crippen LogP contribution >= 0.6 is 0 Å². The predicted molar refractivity (Wildman–Crippen MR) is 39.2 cm³/mol. The third kappa shape index (κ3) is 1.06. The number of ketones is 1. The van der Waals surface area contributed by atoms with Crippen LogP contribution in [0.3, 0.4) is 0 Å². The van der Waals surface area contributed by atoms with E-state index in [9.17, 15) is 27.2 Å². The van der Waals surface area contributed by atoms with Gasteiger partial charge in [-0.1, -0.05) is 0 Å². The van der Waals surface area contributed by atoms with Gasteiger partial charge in [-0.25, -0.2) is 17.6 Å². The van der Waals surface area contributed by atoms with Crippen LogP contribution in [-0.4, -0.2) is 11.7 Å². The fourth-order valence-corrected chi connectivity index (χ4v) is 1.25. The molecule has 0 unspecified atom stereocenters. The van der Waals surface area contributed by atoms with E-state index in [1.807, 2.05) is 0 Å². The van der Waals surface area contributed by atoms with Crippen molar-refractivity contribution in [3.8, 4) is 0 Å². The maximum absolute atomic E-state index is 13.0. The minimum absolute atomic E-state index is 0.957. The Kier molecular flexibility index (Phi) is 1.79. The minimum Gasteiger partial charge on any atom is -0.316 e. The number of benzene rings is 1. The van der Waals surface area contributed by atoms with Crippen molar-refractivity contribution < 1.29 is 27.2 Å². The largest absolute Gasteiger partial charge is 0.316 e. The molecule has 2 rings (SSSR count). The highest BCUT2D eigenvalue weighted by atomic mass is 19.2. The smallest absolute Gasteiger partial charge is 0.297 e. The van der Waals surface area contributed by atoms with Crippen LogP contribution in [0.25, 0.3) is 0 Å². The second-order valence-electron chi connectivity index (χ2n) is 2.79. The summed E-state index contributed by atoms with van der Waals surface area (Å²) in [5, 5.41) is 1.61. The number of halogens is 4. The zero-order valence-electron chi connectivity index (χ0n) is 6.83. The van der Waals surface area contributed by atoms with E-state index in [2.05, 4.69) is 0 Å². The van der Waals surface area contributed by atoms with Crippen molar-refractivity contribution in [3.05, 3.63) is 28.8 Å². The number of hydrogen-bond donors (Lipinski definition) is 1. The lowest BCUT2D eigenvalue weighted by Crippen LogP contribution is -2.13. The molecule has 78 valence electrons. The Morgan fingerprint density at radius 3 is 1.93 bits per heavy atom. The van der Waals surface area contributed by atoms with E-state index in [1.165, 1.54) is 0 Å². The highest BCUT2D eigenvalue weighted by molar-refractivity contribution is 6.51. The molecular weight excluding hydrogens is 218 g/mol. The third-order valence-corrected chi connectivity index (χ3v) is 1.94. The monoisotopic (exact) mass is 219 g/mol. The molecule has 15 heavy (non-hydrogen) atoms. The Hall–Kier alpha value is -1.92. The van der Waals surface area contributed by atoms with E-state index in [4.69, 9.17) is 0 Å². The summed E-state index contributed by atoms with van der Waals surface area (Å²) in [5.41, 5.74) is -2.06. The summed E-state index contributed by atoms with van der Waals surface area (Å²) >= 11 is 0. The summed E-state index contributed by atoms with van der Waals surface area (Å²) in [6, 6.07) is 0. The molecule has 0 saturated heterocycles. The zero-order chi connectivity index (χ0) is 11.3. The normalized spacial score (nSPS) is 14.1. The van der Waals surface area contributed by atoms with E-state index in [-0.39, 0.29) is 0 Å². The molecule has 0 radical (unpaired) electrons. The number of amides is 1. The van der Waals surface area contributed by atoms with Crippen LogP contribution in [0.1, 0.15) is 10.4 Å². The van der Waals surface area contributed by atoms with E-state index >= 15 is 0 Å². The van der Waals surface area contributed by atoms with Gasteiger partial charge in [-0.2, -0.15) is 0 Å². The van der Waals surface area contributed by atoms with Crippen LogP contribution in [0.15, 0.2) is 0 Å². The number of hydrogen-bond acceptors (Lipinski definition) is 2. The third-order valence-electron chi connectivity index (χ3n) is 1.94. The summed E-state index contributed by atoms with van der Waals surface area (Å²) in [6.07, 6.45) is 0. The number of rotatable bonds is 0. The van der Waals surface area contributed by atoms with Gasteiger partial charge in [0.25, 0.3) is 11.7 Å². The van der Waals surface area contributed by atoms with Crippen molar-refractivity contribution in [2.75, 3.05) is 5.32 Å². The van der Waals surface area contributed by atoms with Crippen molar-refractivity contribution in [1.29, 1.82) is 0 Å². The van der Waals surface area contributed by atoms with Crippen LogP contribution in [0.5, 0.6) is 0 Å². The van der Waals surface area contributed by atoms with Gasteiger partial charge in [-0.3, -0.25) is 9.59 Å². The van der Waals surface area contributed by atoms with Crippen molar-refractivity contribution in [2.24, 2.45) is 0 Å². The molecule has 1 aliphatic heterocycles. The van der Waals surface area contributed by atoms with Crippen molar-refractivity contribution in [2.45, 2.75) is 0 Å². The molecule has 1 N–H and O–H groups in total. The predicted octanol–water partition coefficient (Wildman–Crippen LogP) is 1.38. The van der Waals surface area contributed by atoms with Crippen LogP contribution in [-0.2, 0) is 4.79 Å². The molecular formula is C8HF4NO2. The molecule has 3 nitrogen and oxygen atoms in total. The summed E-state index contributed by atoms with van der Waals surface area (Å²) in [5.74, 6) is -10.6. The molecule has 7 heteroatoms. The second-order valence-corrected chi connectivity index (χ2v) is 2.79. The first kappa shape index (κ1) is 9.63. The van der Waals surface area contributed by atoms with Gasteiger partial charge in [0.2, 0.25) is 0 Å². The molecule has 1 amide bonds. The highest BCUT2D eigenvalue weighted by Gasteiger charge is 2.38. The molecule has 1 aromatic rings. The SMILES string of the molecule is O=C1Nc2c(F)c(F)c(F)c(F)c2C1=O. The molecule has 0 saturated carbocycles. The molecule has 1 aliphatic rings. The van der Waals surface area contributed by atoms with Gasteiger partial charge in [0, 0.05) is 0 Å². The molecule has 0 fully saturated rings. The first-order chi connectivity index (χ1) is 6.95. The Bertz CT molecular complexity index is 512. The van der Waals surface area contributed by atoms with Crippen LogP contribution in [0, 0.1) is 23.3 Å². The summed E-state index contributed by atoms with van der Waals surface area (Å²) in [7, 11) is 0. The number of Topliss-reactive ketones (excluding diaryl/α,β-unsaturated/α-hetero) is 1. The molecule has 0 bridgehead atoms. The lowest BCUT2D eigenvalue weighted by molar-refractivity contribution is -0.112. The Balaban J connectivity index is 2.86. The molecule has 0 atom stereocenters. The van der Waals surface area contributed by atoms with Gasteiger partial charge in [0.05, 0.1) is 11.3 Å². The number of nitrogens with one attached hydrogen (secondary N) is 1. The average molecular weight is 219 g/mol. The minimum atomic E-state index is -2.11. The fourth-order valence-electron chi connectivity index (χ4n) is 1.25. The first-order valence-electron chi connectivity index (χ1n) is 3.66. The van der Waals surface area contributed by atoms with Crippen molar-refractivity contribution in [1.82, 2.24) is 0 Å². The van der Waals surface area contributed by atoms with Gasteiger partial charge in [-0.05, 0) is 0 Å². The second kappa shape index (κ2) is 2.78. The van der Waals surface area contributed by atoms with E-state index in [0.717, 1.165) is 0 Å². The lowest BCUT2D eigenvalue weighted by atomic mass is 10.1. The van der Waals surface area contributed by atoms with E-state index in [0.29, 0.717) is 0 Å². The Morgan fingerprint density at radius 2 is 1.33 bits per heavy atom. The topological polar surface area (TPSA) is 46.2 Å². The molecule has 0 aromatic heterocycles. The summed E-state index contributed by atoms with van der Waals surface area (Å²) in [4.78, 5) is 21.6. The zero-order valence-corrected chi connectivity index (χ0v) is 6.83. The van der Waals surface area contributed by atoms with Gasteiger partial charge in [0.15, 0.2) is 23.3 Å². The van der Waals surface area contributed by atoms with Crippen LogP contribution in [0.2, 0.25) is 0 Å². The van der Waals surface area contributed by atoms with Gasteiger partial charge in [0.1, 0.15) is 0 Å². The molecule has 1 heterocycles. The van der Waals surface area contributed by atoms with Crippen molar-refractivity contribution >= 4 is 17.4 Å². The van der Waals surface area contributed by atoms with E-state index in [1.54, 1.807) is 5.32 Å². The number of carbonyl (C=O) groups excluding carboxylic acids is 2. The molecule has 1 aromatic carbocycles. The van der Waals surface area contributed by atoms with Gasteiger partial charge in [-0.15, -0.1) is 0 Å². The molecule has 0 aliphatic carbocycles. The van der Waals surface area contributed by atoms with Gasteiger partial charge < -0.3 is 5.32 Å². The Labute approximate surface area is 79.7 Å². The van der Waals surface area contributed by atoms with Crippen molar-refractivity contribution in [3.63, 3.8) is 0 Å². The van der Waals surface area contributed by atoms with E-state index < -0.39 is 46.2 Å². The lowest BCUT2D eigenvalue weighted by Gasteiger charge is -2.03. The molecule has 0 spiro atoms. The fraction of sp³-hybridized carbons (Fsp3) is 0. The van der Waals surface area contributed by atoms with Crippen LogP contribution < -0.4 is 5.32 Å². The number of fused-ring (bicyclic) bond motifs is 1. The highest BCUT2D eigenvalue weighted by Crippen LogP contribution is 2.32. The quantitative estimate of drug-likeness (QED) is 0.310. The summed E-state index contributed by atoms with van der Waals surface area (Å²) in [6.45, 7) is 0. The van der Waals surface area contributed by atoms with Gasteiger partial charge >= 0.3 is 0 Å². The number of anilines is 1. The number of carbonyl (C=O) groups is 2. The van der Waals surface area contributed by atoms with Crippen LogP contribution in [0.4, 0.5) is 23.2 Å². The maximum Gasteiger partial charge on any atom is 0.297 e. The maximum atomic E-state index is 13.0. The average Bonchev–Trinajstić information content (AvgIpc) is 2.50. The standard InChI is InChI=1S/C8HF4NO2/c9-2-1-6(13-8(15)7(1)14)5(12)4(11)3(2)10/h(H,13,14,15).